The van der Waals surface area contributed by atoms with Crippen molar-refractivity contribution < 1.29 is 4.79 Å². The van der Waals surface area contributed by atoms with Gasteiger partial charge in [0.05, 0.1) is 5.75 Å². The van der Waals surface area contributed by atoms with Crippen molar-refractivity contribution in [3.8, 4) is 11.8 Å². The molecule has 0 aromatic heterocycles. The van der Waals surface area contributed by atoms with Crippen LogP contribution in [0.1, 0.15) is 18.1 Å². The summed E-state index contributed by atoms with van der Waals surface area (Å²) in [6.45, 7) is 3.49. The molecule has 0 unspecified atom stereocenters. The highest BCUT2D eigenvalue weighted by Crippen LogP contribution is 2.15. The van der Waals surface area contributed by atoms with Gasteiger partial charge in [-0.25, -0.2) is 0 Å². The Morgan fingerprint density at radius 3 is 2.87 bits per heavy atom. The second kappa shape index (κ2) is 5.85. The minimum atomic E-state index is 0.0891. The Bertz CT molecular complexity index is 429. The number of thioether (sulfide) groups is 1. The van der Waals surface area contributed by atoms with E-state index < -0.39 is 0 Å². The lowest BCUT2D eigenvalue weighted by Gasteiger charge is -1.96. The lowest BCUT2D eigenvalue weighted by Crippen LogP contribution is -1.83. The van der Waals surface area contributed by atoms with E-state index in [4.69, 9.17) is 11.6 Å². The minimum Gasteiger partial charge on any atom is -0.288 e. The molecule has 0 bridgehead atoms. The Hall–Kier alpha value is -0.910. The number of carbonyl (C=O) groups is 1. The molecule has 3 heteroatoms. The zero-order valence-electron chi connectivity index (χ0n) is 8.63. The van der Waals surface area contributed by atoms with E-state index in [9.17, 15) is 4.79 Å². The van der Waals surface area contributed by atoms with Crippen LogP contribution in [0, 0.1) is 18.8 Å². The monoisotopic (exact) mass is 238 g/mol. The van der Waals surface area contributed by atoms with Gasteiger partial charge in [-0.3, -0.25) is 4.79 Å². The average Bonchev–Trinajstić information content (AvgIpc) is 2.18. The predicted octanol–water partition coefficient (Wildman–Crippen LogP) is 3.28. The van der Waals surface area contributed by atoms with Crippen LogP contribution in [-0.4, -0.2) is 10.9 Å². The molecule has 1 nitrogen and oxygen atoms in total. The summed E-state index contributed by atoms with van der Waals surface area (Å²) >= 11 is 7.16. The third kappa shape index (κ3) is 4.42. The Morgan fingerprint density at radius 2 is 2.27 bits per heavy atom. The molecule has 0 aliphatic heterocycles. The van der Waals surface area contributed by atoms with Gasteiger partial charge in [0.2, 0.25) is 0 Å². The average molecular weight is 239 g/mol. The molecule has 0 amide bonds. The van der Waals surface area contributed by atoms with Crippen molar-refractivity contribution in [2.45, 2.75) is 13.8 Å². The number of hydrogen-bond acceptors (Lipinski definition) is 2. The van der Waals surface area contributed by atoms with Gasteiger partial charge < -0.3 is 0 Å². The van der Waals surface area contributed by atoms with Gasteiger partial charge in [0.25, 0.3) is 0 Å². The number of hydrogen-bond donors (Lipinski definition) is 0. The fourth-order valence-electron chi connectivity index (χ4n) is 0.946. The first-order valence-corrected chi connectivity index (χ1v) is 5.84. The van der Waals surface area contributed by atoms with Gasteiger partial charge >= 0.3 is 0 Å². The number of aryl methyl sites for hydroxylation is 1. The first-order valence-electron chi connectivity index (χ1n) is 4.48. The smallest absolute Gasteiger partial charge is 0.186 e. The quantitative estimate of drug-likeness (QED) is 0.699. The van der Waals surface area contributed by atoms with Crippen molar-refractivity contribution in [1.29, 1.82) is 0 Å². The Morgan fingerprint density at radius 1 is 1.53 bits per heavy atom. The van der Waals surface area contributed by atoms with Crippen LogP contribution in [0.15, 0.2) is 18.2 Å². The van der Waals surface area contributed by atoms with Gasteiger partial charge in [0, 0.05) is 17.5 Å². The summed E-state index contributed by atoms with van der Waals surface area (Å²) in [4.78, 5) is 10.6. The number of carbonyl (C=O) groups excluding carboxylic acids is 1. The van der Waals surface area contributed by atoms with Crippen LogP contribution in [0.4, 0.5) is 0 Å². The lowest BCUT2D eigenvalue weighted by molar-refractivity contribution is -0.109. The second-order valence-corrected chi connectivity index (χ2v) is 4.61. The molecule has 0 saturated carbocycles. The number of benzene rings is 1. The van der Waals surface area contributed by atoms with Gasteiger partial charge in [0.15, 0.2) is 5.12 Å². The van der Waals surface area contributed by atoms with Crippen LogP contribution in [0.3, 0.4) is 0 Å². The van der Waals surface area contributed by atoms with Crippen LogP contribution in [0.2, 0.25) is 5.02 Å². The highest BCUT2D eigenvalue weighted by molar-refractivity contribution is 8.13. The third-order valence-corrected chi connectivity index (χ3v) is 2.85. The Balaban J connectivity index is 2.64. The molecule has 0 aliphatic carbocycles. The molecule has 0 N–H and O–H groups in total. The van der Waals surface area contributed by atoms with Crippen molar-refractivity contribution in [3.05, 3.63) is 34.3 Å². The molecular weight excluding hydrogens is 228 g/mol. The Labute approximate surface area is 99.2 Å². The number of halogens is 1. The molecule has 15 heavy (non-hydrogen) atoms. The summed E-state index contributed by atoms with van der Waals surface area (Å²) in [5.41, 5.74) is 1.93. The van der Waals surface area contributed by atoms with Gasteiger partial charge in [-0.15, -0.1) is 0 Å². The summed E-state index contributed by atoms with van der Waals surface area (Å²) in [5.74, 6) is 6.40. The van der Waals surface area contributed by atoms with E-state index in [1.54, 1.807) is 0 Å². The van der Waals surface area contributed by atoms with Crippen molar-refractivity contribution in [2.75, 3.05) is 5.75 Å². The van der Waals surface area contributed by atoms with Crippen LogP contribution in [0.25, 0.3) is 0 Å². The topological polar surface area (TPSA) is 17.1 Å². The first-order chi connectivity index (χ1) is 7.09. The van der Waals surface area contributed by atoms with Crippen molar-refractivity contribution in [3.63, 3.8) is 0 Å². The summed E-state index contributed by atoms with van der Waals surface area (Å²) in [7, 11) is 0. The zero-order chi connectivity index (χ0) is 11.3. The summed E-state index contributed by atoms with van der Waals surface area (Å²) in [5, 5.41) is 0.812. The van der Waals surface area contributed by atoms with Crippen LogP contribution in [0.5, 0.6) is 0 Å². The normalized spacial score (nSPS) is 9.27. The van der Waals surface area contributed by atoms with Gasteiger partial charge in [-0.1, -0.05) is 41.3 Å². The molecule has 0 atom stereocenters. The van der Waals surface area contributed by atoms with E-state index >= 15 is 0 Å². The van der Waals surface area contributed by atoms with Gasteiger partial charge in [0.1, 0.15) is 0 Å². The summed E-state index contributed by atoms with van der Waals surface area (Å²) < 4.78 is 0. The van der Waals surface area contributed by atoms with Crippen molar-refractivity contribution in [2.24, 2.45) is 0 Å². The van der Waals surface area contributed by atoms with E-state index in [2.05, 4.69) is 11.8 Å². The standard InChI is InChI=1S/C12H11ClOS/c1-9-5-6-11(8-12(9)13)4-3-7-15-10(2)14/h5-6,8H,7H2,1-2H3. The zero-order valence-corrected chi connectivity index (χ0v) is 10.2. The molecule has 0 aliphatic rings. The van der Waals surface area contributed by atoms with E-state index in [1.165, 1.54) is 18.7 Å². The fourth-order valence-corrected chi connectivity index (χ4v) is 1.47. The molecular formula is C12H11ClOS. The molecule has 0 radical (unpaired) electrons. The molecule has 0 fully saturated rings. The van der Waals surface area contributed by atoms with Crippen LogP contribution < -0.4 is 0 Å². The van der Waals surface area contributed by atoms with Crippen LogP contribution in [-0.2, 0) is 4.79 Å². The largest absolute Gasteiger partial charge is 0.288 e. The minimum absolute atomic E-state index is 0.0891. The van der Waals surface area contributed by atoms with E-state index in [0.717, 1.165) is 16.1 Å². The van der Waals surface area contributed by atoms with Gasteiger partial charge in [-0.05, 0) is 24.6 Å². The van der Waals surface area contributed by atoms with Crippen molar-refractivity contribution >= 4 is 28.5 Å². The highest BCUT2D eigenvalue weighted by atomic mass is 35.5. The fraction of sp³-hybridized carbons (Fsp3) is 0.250. The SMILES string of the molecule is CC(=O)SCC#Cc1ccc(C)c(Cl)c1. The molecule has 0 heterocycles. The summed E-state index contributed by atoms with van der Waals surface area (Å²) in [6.07, 6.45) is 0. The lowest BCUT2D eigenvalue weighted by atomic mass is 10.1. The van der Waals surface area contributed by atoms with Crippen molar-refractivity contribution in [1.82, 2.24) is 0 Å². The highest BCUT2D eigenvalue weighted by Gasteiger charge is 1.94. The molecule has 0 spiro atoms. The maximum atomic E-state index is 10.6. The predicted molar refractivity (Wildman–Crippen MR) is 66.2 cm³/mol. The third-order valence-electron chi connectivity index (χ3n) is 1.75. The Kier molecular flexibility index (Phi) is 4.74. The van der Waals surface area contributed by atoms with E-state index in [1.807, 2.05) is 25.1 Å². The number of rotatable bonds is 1. The molecule has 1 aromatic carbocycles. The van der Waals surface area contributed by atoms with Crippen LogP contribution >= 0.6 is 23.4 Å². The van der Waals surface area contributed by atoms with Gasteiger partial charge in [-0.2, -0.15) is 0 Å². The van der Waals surface area contributed by atoms with E-state index in [0.29, 0.717) is 5.75 Å². The molecule has 78 valence electrons. The maximum absolute atomic E-state index is 10.6. The van der Waals surface area contributed by atoms with E-state index in [-0.39, 0.29) is 5.12 Å². The second-order valence-electron chi connectivity index (χ2n) is 3.05. The maximum Gasteiger partial charge on any atom is 0.186 e. The molecule has 1 aromatic rings. The molecule has 1 rings (SSSR count). The first kappa shape index (κ1) is 12.2. The summed E-state index contributed by atoms with van der Waals surface area (Å²) in [6, 6.07) is 5.69. The molecule has 0 saturated heterocycles.